The molecule has 4 aromatic rings. The average Bonchev–Trinajstić information content (AvgIpc) is 3.37. The lowest BCUT2D eigenvalue weighted by Crippen LogP contribution is -2.13. The second-order valence-corrected chi connectivity index (χ2v) is 6.72. The lowest BCUT2D eigenvalue weighted by atomic mass is 9.95. The first-order chi connectivity index (χ1) is 13.2. The molecule has 5 rings (SSSR count). The molecule has 0 saturated carbocycles. The summed E-state index contributed by atoms with van der Waals surface area (Å²) in [7, 11) is 0. The van der Waals surface area contributed by atoms with Gasteiger partial charge in [-0.25, -0.2) is 0 Å². The van der Waals surface area contributed by atoms with Crippen LogP contribution in [-0.4, -0.2) is 16.9 Å². The van der Waals surface area contributed by atoms with Crippen LogP contribution in [0.4, 0.5) is 5.82 Å². The second kappa shape index (κ2) is 6.09. The van der Waals surface area contributed by atoms with Gasteiger partial charge in [-0.05, 0) is 37.6 Å². The van der Waals surface area contributed by atoms with E-state index in [4.69, 9.17) is 14.0 Å². The highest BCUT2D eigenvalue weighted by molar-refractivity contribution is 5.86. The van der Waals surface area contributed by atoms with E-state index in [9.17, 15) is 0 Å². The van der Waals surface area contributed by atoms with Gasteiger partial charge in [0.2, 0.25) is 6.79 Å². The summed E-state index contributed by atoms with van der Waals surface area (Å²) in [6.07, 6.45) is 0. The zero-order valence-electron chi connectivity index (χ0n) is 15.1. The third kappa shape index (κ3) is 2.70. The van der Waals surface area contributed by atoms with Crippen LogP contribution in [0, 0.1) is 13.8 Å². The van der Waals surface area contributed by atoms with Crippen molar-refractivity contribution >= 4 is 16.7 Å². The van der Waals surface area contributed by atoms with E-state index in [0.717, 1.165) is 34.0 Å². The fourth-order valence-electron chi connectivity index (χ4n) is 3.67. The largest absolute Gasteiger partial charge is 0.454 e. The number of fused-ring (bicyclic) bond motifs is 2. The molecule has 2 aromatic carbocycles. The van der Waals surface area contributed by atoms with Crippen molar-refractivity contribution in [1.82, 2.24) is 10.1 Å². The molecule has 0 spiro atoms. The van der Waals surface area contributed by atoms with E-state index in [2.05, 4.69) is 46.6 Å². The van der Waals surface area contributed by atoms with Gasteiger partial charge in [0.15, 0.2) is 17.3 Å². The van der Waals surface area contributed by atoms with Crippen LogP contribution in [0.3, 0.4) is 0 Å². The second-order valence-electron chi connectivity index (χ2n) is 6.72. The highest BCUT2D eigenvalue weighted by atomic mass is 16.7. The number of H-pyrrole nitrogens is 1. The van der Waals surface area contributed by atoms with Gasteiger partial charge in [-0.15, -0.1) is 0 Å². The van der Waals surface area contributed by atoms with Crippen molar-refractivity contribution in [3.63, 3.8) is 0 Å². The molecule has 0 saturated heterocycles. The van der Waals surface area contributed by atoms with Crippen molar-refractivity contribution in [1.29, 1.82) is 0 Å². The van der Waals surface area contributed by atoms with Crippen LogP contribution in [-0.2, 0) is 0 Å². The van der Waals surface area contributed by atoms with E-state index in [1.807, 2.05) is 31.2 Å². The van der Waals surface area contributed by atoms with E-state index in [0.29, 0.717) is 5.82 Å². The third-order valence-electron chi connectivity index (χ3n) is 4.88. The number of para-hydroxylation sites is 1. The van der Waals surface area contributed by atoms with Crippen molar-refractivity contribution in [3.05, 3.63) is 71.1 Å². The summed E-state index contributed by atoms with van der Waals surface area (Å²) >= 11 is 0. The molecule has 0 fully saturated rings. The van der Waals surface area contributed by atoms with E-state index in [1.165, 1.54) is 10.9 Å². The number of aromatic nitrogens is 2. The maximum Gasteiger partial charge on any atom is 0.231 e. The van der Waals surface area contributed by atoms with Gasteiger partial charge in [0.05, 0.1) is 6.04 Å². The fourth-order valence-corrected chi connectivity index (χ4v) is 3.67. The molecule has 6 heteroatoms. The van der Waals surface area contributed by atoms with Crippen molar-refractivity contribution in [3.8, 4) is 11.5 Å². The van der Waals surface area contributed by atoms with Crippen LogP contribution in [0.2, 0.25) is 0 Å². The highest BCUT2D eigenvalue weighted by Crippen LogP contribution is 2.39. The molecular weight excluding hydrogens is 342 g/mol. The average molecular weight is 361 g/mol. The molecule has 0 radical (unpaired) electrons. The smallest absolute Gasteiger partial charge is 0.231 e. The first kappa shape index (κ1) is 15.8. The van der Waals surface area contributed by atoms with E-state index >= 15 is 0 Å². The molecule has 1 atom stereocenters. The summed E-state index contributed by atoms with van der Waals surface area (Å²) in [4.78, 5) is 3.48. The van der Waals surface area contributed by atoms with Gasteiger partial charge in [-0.1, -0.05) is 29.4 Å². The van der Waals surface area contributed by atoms with Gasteiger partial charge in [0.1, 0.15) is 5.76 Å². The number of ether oxygens (including phenoxy) is 2. The van der Waals surface area contributed by atoms with Crippen LogP contribution in [0.5, 0.6) is 11.5 Å². The molecule has 0 amide bonds. The van der Waals surface area contributed by atoms with Crippen LogP contribution >= 0.6 is 0 Å². The lowest BCUT2D eigenvalue weighted by molar-refractivity contribution is 0.174. The standard InChI is InChI=1S/C21H19N3O3/c1-12-9-19(24-27-12)23-21(14-7-8-17-18(10-14)26-11-25-17)20-13(2)22-16-6-4-3-5-15(16)20/h3-10,21-22H,11H2,1-2H3,(H,23,24). The Morgan fingerprint density at radius 3 is 2.74 bits per heavy atom. The Balaban J connectivity index is 1.66. The summed E-state index contributed by atoms with van der Waals surface area (Å²) in [6, 6.07) is 16.1. The number of rotatable bonds is 4. The number of hydrogen-bond acceptors (Lipinski definition) is 5. The molecule has 3 heterocycles. The normalized spacial score (nSPS) is 13.9. The Kier molecular flexibility index (Phi) is 3.57. The van der Waals surface area contributed by atoms with Gasteiger partial charge in [0, 0.05) is 28.2 Å². The number of anilines is 1. The Morgan fingerprint density at radius 2 is 1.89 bits per heavy atom. The number of aryl methyl sites for hydroxylation is 2. The molecule has 1 unspecified atom stereocenters. The number of benzene rings is 2. The summed E-state index contributed by atoms with van der Waals surface area (Å²) in [5, 5.41) is 8.81. The molecule has 136 valence electrons. The molecule has 2 N–H and O–H groups in total. The van der Waals surface area contributed by atoms with E-state index in [1.54, 1.807) is 0 Å². The van der Waals surface area contributed by atoms with Gasteiger partial charge in [-0.3, -0.25) is 0 Å². The molecule has 0 bridgehead atoms. The van der Waals surface area contributed by atoms with E-state index < -0.39 is 0 Å². The predicted molar refractivity (Wildman–Crippen MR) is 102 cm³/mol. The minimum atomic E-state index is -0.125. The maximum atomic E-state index is 5.59. The first-order valence-electron chi connectivity index (χ1n) is 8.85. The van der Waals surface area contributed by atoms with Gasteiger partial charge in [-0.2, -0.15) is 0 Å². The van der Waals surface area contributed by atoms with Crippen molar-refractivity contribution in [2.45, 2.75) is 19.9 Å². The molecular formula is C21H19N3O3. The Hall–Kier alpha value is -3.41. The number of aromatic amines is 1. The molecule has 27 heavy (non-hydrogen) atoms. The number of nitrogens with zero attached hydrogens (tertiary/aromatic N) is 1. The molecule has 0 aliphatic carbocycles. The van der Waals surface area contributed by atoms with Crippen LogP contribution in [0.15, 0.2) is 53.1 Å². The Morgan fingerprint density at radius 1 is 1.04 bits per heavy atom. The van der Waals surface area contributed by atoms with Crippen molar-refractivity contribution in [2.75, 3.05) is 12.1 Å². The van der Waals surface area contributed by atoms with Gasteiger partial charge < -0.3 is 24.3 Å². The summed E-state index contributed by atoms with van der Waals surface area (Å²) < 4.78 is 16.3. The molecule has 2 aromatic heterocycles. The Labute approximate surface area is 156 Å². The topological polar surface area (TPSA) is 72.3 Å². The summed E-state index contributed by atoms with van der Waals surface area (Å²) in [6.45, 7) is 4.22. The highest BCUT2D eigenvalue weighted by Gasteiger charge is 2.24. The zero-order valence-corrected chi connectivity index (χ0v) is 15.1. The minimum Gasteiger partial charge on any atom is -0.454 e. The third-order valence-corrected chi connectivity index (χ3v) is 4.88. The maximum absolute atomic E-state index is 5.59. The van der Waals surface area contributed by atoms with Crippen molar-refractivity contribution < 1.29 is 14.0 Å². The first-order valence-corrected chi connectivity index (χ1v) is 8.85. The van der Waals surface area contributed by atoms with Crippen molar-refractivity contribution in [2.24, 2.45) is 0 Å². The molecule has 6 nitrogen and oxygen atoms in total. The van der Waals surface area contributed by atoms with E-state index in [-0.39, 0.29) is 12.8 Å². The SMILES string of the molecule is Cc1cc(NC(c2ccc3c(c2)OCO3)c2c(C)[nH]c3ccccc23)no1. The lowest BCUT2D eigenvalue weighted by Gasteiger charge is -2.20. The van der Waals surface area contributed by atoms with Crippen LogP contribution < -0.4 is 14.8 Å². The quantitative estimate of drug-likeness (QED) is 0.551. The molecule has 1 aliphatic heterocycles. The minimum absolute atomic E-state index is 0.125. The summed E-state index contributed by atoms with van der Waals surface area (Å²) in [5.74, 6) is 2.98. The number of nitrogens with one attached hydrogen (secondary N) is 2. The summed E-state index contributed by atoms with van der Waals surface area (Å²) in [5.41, 5.74) is 4.44. The molecule has 1 aliphatic rings. The Bertz CT molecular complexity index is 1130. The zero-order chi connectivity index (χ0) is 18.4. The van der Waals surface area contributed by atoms with Crippen LogP contribution in [0.1, 0.15) is 28.6 Å². The monoisotopic (exact) mass is 361 g/mol. The van der Waals surface area contributed by atoms with Crippen LogP contribution in [0.25, 0.3) is 10.9 Å². The van der Waals surface area contributed by atoms with Gasteiger partial charge in [0.25, 0.3) is 0 Å². The van der Waals surface area contributed by atoms with Gasteiger partial charge >= 0.3 is 0 Å². The number of hydrogen-bond donors (Lipinski definition) is 2. The predicted octanol–water partition coefficient (Wildman–Crippen LogP) is 4.70. The fraction of sp³-hybridized carbons (Fsp3) is 0.190.